The highest BCUT2D eigenvalue weighted by Gasteiger charge is 2.33. The molecule has 0 saturated heterocycles. The molecule has 0 aliphatic rings. The number of carbonyl (C=O) groups excluding carboxylic acids is 1. The van der Waals surface area contributed by atoms with Crippen LogP contribution in [0.25, 0.3) is 11.1 Å². The van der Waals surface area contributed by atoms with Crippen LogP contribution in [-0.2, 0) is 10.2 Å². The zero-order valence-electron chi connectivity index (χ0n) is 22.7. The summed E-state index contributed by atoms with van der Waals surface area (Å²) in [7, 11) is 1.83. The molecular weight excluding hydrogens is 404 g/mol. The van der Waals surface area contributed by atoms with E-state index in [1.54, 1.807) is 11.1 Å². The molecule has 180 valence electrons. The zero-order valence-corrected chi connectivity index (χ0v) is 22.7. The first-order valence-corrected chi connectivity index (χ1v) is 12.2. The van der Waals surface area contributed by atoms with Crippen molar-refractivity contribution in [3.05, 3.63) is 83.7 Å². The second-order valence-corrected chi connectivity index (χ2v) is 7.51. The van der Waals surface area contributed by atoms with Crippen LogP contribution in [0.15, 0.2) is 66.9 Å². The summed E-state index contributed by atoms with van der Waals surface area (Å²) in [4.78, 5) is 19.6. The van der Waals surface area contributed by atoms with Gasteiger partial charge in [0.05, 0.1) is 17.3 Å². The highest BCUT2D eigenvalue weighted by molar-refractivity contribution is 6.03. The minimum absolute atomic E-state index is 0.0363. The predicted octanol–water partition coefficient (Wildman–Crippen LogP) is 8.38. The van der Waals surface area contributed by atoms with E-state index in [2.05, 4.69) is 30.1 Å². The molecule has 3 nitrogen and oxygen atoms in total. The van der Waals surface area contributed by atoms with Gasteiger partial charge in [0.25, 0.3) is 0 Å². The van der Waals surface area contributed by atoms with Crippen molar-refractivity contribution in [3.63, 3.8) is 0 Å². The summed E-state index contributed by atoms with van der Waals surface area (Å²) in [6.45, 7) is 20.0. The maximum Gasteiger partial charge on any atom is 0.236 e. The average molecular weight is 449 g/mol. The van der Waals surface area contributed by atoms with Crippen molar-refractivity contribution in [2.75, 3.05) is 11.9 Å². The number of carbonyl (C=O) groups is 1. The van der Waals surface area contributed by atoms with Gasteiger partial charge in [0.1, 0.15) is 0 Å². The molecule has 0 aliphatic carbocycles. The number of anilines is 1. The largest absolute Gasteiger partial charge is 0.313 e. The number of benzene rings is 2. The van der Waals surface area contributed by atoms with Gasteiger partial charge in [-0.15, -0.1) is 0 Å². The number of amides is 1. The third kappa shape index (κ3) is 7.56. The number of hydrogen-bond donors (Lipinski definition) is 0. The quantitative estimate of drug-likeness (QED) is 0.401. The Bertz CT molecular complexity index is 962. The molecule has 1 aromatic heterocycles. The van der Waals surface area contributed by atoms with Gasteiger partial charge in [-0.2, -0.15) is 0 Å². The lowest BCUT2D eigenvalue weighted by atomic mass is 9.83. The van der Waals surface area contributed by atoms with Crippen molar-refractivity contribution in [3.8, 4) is 11.1 Å². The number of nitrogens with zero attached hydrogens (tertiary/aromatic N) is 2. The molecule has 0 unspecified atom stereocenters. The van der Waals surface area contributed by atoms with Crippen LogP contribution in [0.2, 0.25) is 0 Å². The number of hydrogen-bond acceptors (Lipinski definition) is 2. The van der Waals surface area contributed by atoms with Crippen LogP contribution in [0.3, 0.4) is 0 Å². The second-order valence-electron chi connectivity index (χ2n) is 7.51. The molecule has 0 radical (unpaired) electrons. The van der Waals surface area contributed by atoms with Crippen LogP contribution in [0.5, 0.6) is 0 Å². The van der Waals surface area contributed by atoms with E-state index in [9.17, 15) is 4.79 Å². The molecule has 0 fully saturated rings. The molecule has 2 aromatic carbocycles. The molecule has 0 N–H and O–H groups in total. The Morgan fingerprint density at radius 1 is 0.788 bits per heavy atom. The fourth-order valence-corrected chi connectivity index (χ4v) is 3.42. The molecule has 0 spiro atoms. The summed E-state index contributed by atoms with van der Waals surface area (Å²) >= 11 is 0. The molecule has 1 amide bonds. The maximum atomic E-state index is 13.4. The lowest BCUT2D eigenvalue weighted by molar-refractivity contribution is -0.122. The fourth-order valence-electron chi connectivity index (χ4n) is 3.42. The summed E-state index contributed by atoms with van der Waals surface area (Å²) in [5, 5.41) is 0. The first-order valence-electron chi connectivity index (χ1n) is 12.2. The van der Waals surface area contributed by atoms with Crippen LogP contribution in [0.4, 0.5) is 5.69 Å². The minimum atomic E-state index is -0.635. The third-order valence-electron chi connectivity index (χ3n) is 5.15. The maximum absolute atomic E-state index is 13.4. The Kier molecular flexibility index (Phi) is 13.7. The van der Waals surface area contributed by atoms with Crippen LogP contribution in [0.1, 0.15) is 72.2 Å². The summed E-state index contributed by atoms with van der Waals surface area (Å²) in [5.74, 6) is 0.0363. The lowest BCUT2D eigenvalue weighted by Gasteiger charge is -2.31. The number of aromatic nitrogens is 1. The van der Waals surface area contributed by atoms with E-state index >= 15 is 0 Å². The van der Waals surface area contributed by atoms with E-state index in [-0.39, 0.29) is 5.91 Å². The SMILES string of the molecule is CC.CC.CC.Cc1cc(-c2ccccc2C)c(N(C)C(=O)C(C)(C)c2ccccc2)cn1. The highest BCUT2D eigenvalue weighted by Crippen LogP contribution is 2.35. The highest BCUT2D eigenvalue weighted by atomic mass is 16.2. The topological polar surface area (TPSA) is 33.2 Å². The van der Waals surface area contributed by atoms with Crippen molar-refractivity contribution >= 4 is 11.6 Å². The van der Waals surface area contributed by atoms with Crippen LogP contribution in [0, 0.1) is 13.8 Å². The van der Waals surface area contributed by atoms with Crippen LogP contribution >= 0.6 is 0 Å². The number of likely N-dealkylation sites (N-methyl/N-ethyl adjacent to an activating group) is 1. The van der Waals surface area contributed by atoms with Gasteiger partial charge < -0.3 is 4.90 Å². The first-order chi connectivity index (χ1) is 15.8. The van der Waals surface area contributed by atoms with E-state index in [4.69, 9.17) is 0 Å². The van der Waals surface area contributed by atoms with Gasteiger partial charge in [0.15, 0.2) is 0 Å². The first kappa shape index (κ1) is 30.1. The predicted molar refractivity (Wildman–Crippen MR) is 146 cm³/mol. The molecule has 3 rings (SSSR count). The van der Waals surface area contributed by atoms with Crippen molar-refractivity contribution in [2.24, 2.45) is 0 Å². The lowest BCUT2D eigenvalue weighted by Crippen LogP contribution is -2.41. The van der Waals surface area contributed by atoms with Gasteiger partial charge in [0, 0.05) is 18.3 Å². The van der Waals surface area contributed by atoms with Gasteiger partial charge in [-0.1, -0.05) is 96.1 Å². The summed E-state index contributed by atoms with van der Waals surface area (Å²) in [5.41, 5.74) is 5.44. The molecule has 0 atom stereocenters. The Morgan fingerprint density at radius 2 is 1.30 bits per heavy atom. The van der Waals surface area contributed by atoms with Crippen molar-refractivity contribution in [1.82, 2.24) is 4.98 Å². The molecule has 0 aliphatic heterocycles. The van der Waals surface area contributed by atoms with Gasteiger partial charge in [0.2, 0.25) is 5.91 Å². The van der Waals surface area contributed by atoms with Gasteiger partial charge in [-0.25, -0.2) is 0 Å². The smallest absolute Gasteiger partial charge is 0.236 e. The zero-order chi connectivity index (χ0) is 25.6. The Balaban J connectivity index is 0.00000158. The van der Waals surface area contributed by atoms with Gasteiger partial charge in [-0.05, 0) is 50.5 Å². The van der Waals surface area contributed by atoms with Crippen LogP contribution in [-0.4, -0.2) is 17.9 Å². The number of pyridine rings is 1. The monoisotopic (exact) mass is 448 g/mol. The Morgan fingerprint density at radius 3 is 1.85 bits per heavy atom. The standard InChI is InChI=1S/C24H26N2O.3C2H6/c1-17-11-9-10-14-20(17)21-15-18(2)25-16-22(21)26(5)23(27)24(3,4)19-12-7-6-8-13-19;3*1-2/h6-16H,1-5H3;3*1-2H3. The van der Waals surface area contributed by atoms with E-state index in [1.807, 2.05) is 112 Å². The van der Waals surface area contributed by atoms with E-state index in [1.165, 1.54) is 5.56 Å². The van der Waals surface area contributed by atoms with E-state index in [0.717, 1.165) is 28.1 Å². The van der Waals surface area contributed by atoms with Crippen molar-refractivity contribution < 1.29 is 4.79 Å². The molecule has 0 bridgehead atoms. The molecule has 0 saturated carbocycles. The summed E-state index contributed by atoms with van der Waals surface area (Å²) in [6.07, 6.45) is 1.80. The van der Waals surface area contributed by atoms with Crippen molar-refractivity contribution in [2.45, 2.75) is 74.7 Å². The molecule has 33 heavy (non-hydrogen) atoms. The molecule has 3 heteroatoms. The van der Waals surface area contributed by atoms with E-state index < -0.39 is 5.41 Å². The minimum Gasteiger partial charge on any atom is -0.313 e. The molecular formula is C30H44N2O. The number of rotatable bonds is 4. The Hall–Kier alpha value is -2.94. The molecule has 3 aromatic rings. The van der Waals surface area contributed by atoms with Gasteiger partial charge in [-0.3, -0.25) is 9.78 Å². The van der Waals surface area contributed by atoms with Crippen molar-refractivity contribution in [1.29, 1.82) is 0 Å². The third-order valence-corrected chi connectivity index (χ3v) is 5.15. The fraction of sp³-hybridized carbons (Fsp3) is 0.400. The average Bonchev–Trinajstić information content (AvgIpc) is 2.87. The number of aryl methyl sites for hydroxylation is 2. The normalized spacial score (nSPS) is 9.79. The Labute approximate surface area is 202 Å². The summed E-state index contributed by atoms with van der Waals surface area (Å²) < 4.78 is 0. The molecule has 1 heterocycles. The summed E-state index contributed by atoms with van der Waals surface area (Å²) in [6, 6.07) is 20.2. The van der Waals surface area contributed by atoms with Gasteiger partial charge >= 0.3 is 0 Å². The second kappa shape index (κ2) is 15.0. The van der Waals surface area contributed by atoms with Crippen LogP contribution < -0.4 is 4.90 Å². The van der Waals surface area contributed by atoms with E-state index in [0.29, 0.717) is 0 Å².